The molecule has 3 nitrogen and oxygen atoms in total. The number of rotatable bonds is 3. The van der Waals surface area contributed by atoms with Crippen molar-refractivity contribution >= 4 is 17.3 Å². The number of nitrogen functional groups attached to an aromatic ring is 1. The molecule has 2 aromatic carbocycles. The molecule has 1 heterocycles. The maximum atomic E-state index is 6.36. The van der Waals surface area contributed by atoms with Crippen molar-refractivity contribution in [3.63, 3.8) is 0 Å². The Morgan fingerprint density at radius 1 is 1.00 bits per heavy atom. The van der Waals surface area contributed by atoms with Crippen molar-refractivity contribution in [2.75, 3.05) is 5.73 Å². The van der Waals surface area contributed by atoms with Crippen LogP contribution in [0.25, 0.3) is 0 Å². The van der Waals surface area contributed by atoms with Gasteiger partial charge in [-0.05, 0) is 17.7 Å². The third-order valence-corrected chi connectivity index (χ3v) is 3.66. The topological polar surface area (TPSA) is 43.8 Å². The van der Waals surface area contributed by atoms with Crippen LogP contribution in [-0.4, -0.2) is 9.55 Å². The summed E-state index contributed by atoms with van der Waals surface area (Å²) in [4.78, 5) is 4.13. The Balaban J connectivity index is 2.21. The van der Waals surface area contributed by atoms with Crippen LogP contribution in [0.15, 0.2) is 67.3 Å². The van der Waals surface area contributed by atoms with E-state index in [0.717, 1.165) is 21.8 Å². The van der Waals surface area contributed by atoms with Gasteiger partial charge in [0.25, 0.3) is 0 Å². The minimum Gasteiger partial charge on any atom is -0.398 e. The third-order valence-electron chi connectivity index (χ3n) is 3.31. The largest absolute Gasteiger partial charge is 0.398 e. The zero-order valence-electron chi connectivity index (χ0n) is 10.8. The third kappa shape index (κ3) is 2.28. The van der Waals surface area contributed by atoms with Crippen LogP contribution in [0.4, 0.5) is 5.69 Å². The summed E-state index contributed by atoms with van der Waals surface area (Å²) in [6.07, 6.45) is 5.45. The van der Waals surface area contributed by atoms with Crippen molar-refractivity contribution in [3.8, 4) is 0 Å². The molecule has 0 aliphatic heterocycles. The van der Waals surface area contributed by atoms with Gasteiger partial charge in [0.05, 0.1) is 12.4 Å². The summed E-state index contributed by atoms with van der Waals surface area (Å²) >= 11 is 6.36. The van der Waals surface area contributed by atoms with Crippen LogP contribution in [0.5, 0.6) is 0 Å². The fourth-order valence-corrected chi connectivity index (χ4v) is 2.61. The lowest BCUT2D eigenvalue weighted by Gasteiger charge is -2.22. The second kappa shape index (κ2) is 5.39. The van der Waals surface area contributed by atoms with E-state index in [9.17, 15) is 0 Å². The monoisotopic (exact) mass is 283 g/mol. The van der Waals surface area contributed by atoms with E-state index in [4.69, 9.17) is 17.3 Å². The van der Waals surface area contributed by atoms with Crippen LogP contribution in [-0.2, 0) is 0 Å². The van der Waals surface area contributed by atoms with E-state index < -0.39 is 0 Å². The Bertz CT molecular complexity index is 662. The lowest BCUT2D eigenvalue weighted by molar-refractivity contribution is 0.679. The molecule has 0 saturated heterocycles. The first-order chi connectivity index (χ1) is 9.77. The predicted molar refractivity (Wildman–Crippen MR) is 81.8 cm³/mol. The number of halogens is 1. The van der Waals surface area contributed by atoms with E-state index in [-0.39, 0.29) is 6.04 Å². The standard InChI is InChI=1S/C16H14ClN3/c17-14-7-3-1-5-12(14)16(20-10-9-19-11-20)13-6-2-4-8-15(13)18/h1-11,16H,18H2. The number of hydrogen-bond acceptors (Lipinski definition) is 2. The number of aromatic nitrogens is 2. The van der Waals surface area contributed by atoms with Gasteiger partial charge < -0.3 is 10.3 Å². The summed E-state index contributed by atoms with van der Waals surface area (Å²) in [5, 5.41) is 0.717. The highest BCUT2D eigenvalue weighted by Gasteiger charge is 2.20. The Morgan fingerprint density at radius 3 is 2.35 bits per heavy atom. The fraction of sp³-hybridized carbons (Fsp3) is 0.0625. The number of anilines is 1. The summed E-state index contributed by atoms with van der Waals surface area (Å²) < 4.78 is 2.01. The first kappa shape index (κ1) is 12.8. The van der Waals surface area contributed by atoms with E-state index in [1.54, 1.807) is 12.5 Å². The van der Waals surface area contributed by atoms with Crippen LogP contribution in [0, 0.1) is 0 Å². The molecule has 0 radical (unpaired) electrons. The highest BCUT2D eigenvalue weighted by Crippen LogP contribution is 2.34. The van der Waals surface area contributed by atoms with E-state index in [1.165, 1.54) is 0 Å². The maximum Gasteiger partial charge on any atom is 0.0954 e. The number of para-hydroxylation sites is 1. The van der Waals surface area contributed by atoms with Crippen molar-refractivity contribution in [1.82, 2.24) is 9.55 Å². The van der Waals surface area contributed by atoms with Crippen LogP contribution in [0.2, 0.25) is 5.02 Å². The lowest BCUT2D eigenvalue weighted by atomic mass is 9.97. The maximum absolute atomic E-state index is 6.36. The summed E-state index contributed by atoms with van der Waals surface area (Å²) in [6.45, 7) is 0. The van der Waals surface area contributed by atoms with Gasteiger partial charge in [-0.3, -0.25) is 0 Å². The number of hydrogen-bond donors (Lipinski definition) is 1. The number of benzene rings is 2. The molecule has 0 bridgehead atoms. The second-order valence-corrected chi connectivity index (χ2v) is 4.97. The van der Waals surface area contributed by atoms with Gasteiger partial charge in [0.2, 0.25) is 0 Å². The number of imidazole rings is 1. The van der Waals surface area contributed by atoms with Crippen LogP contribution < -0.4 is 5.73 Å². The molecule has 1 aromatic heterocycles. The van der Waals surface area contributed by atoms with Crippen molar-refractivity contribution in [2.45, 2.75) is 6.04 Å². The van der Waals surface area contributed by atoms with Gasteiger partial charge >= 0.3 is 0 Å². The average molecular weight is 284 g/mol. The summed E-state index contributed by atoms with van der Waals surface area (Å²) in [6, 6.07) is 15.5. The van der Waals surface area contributed by atoms with Gasteiger partial charge in [-0.15, -0.1) is 0 Å². The first-order valence-corrected chi connectivity index (χ1v) is 6.71. The van der Waals surface area contributed by atoms with Gasteiger partial charge in [-0.2, -0.15) is 0 Å². The van der Waals surface area contributed by atoms with Crippen molar-refractivity contribution in [1.29, 1.82) is 0 Å². The molecule has 100 valence electrons. The first-order valence-electron chi connectivity index (χ1n) is 6.33. The molecule has 1 unspecified atom stereocenters. The molecule has 20 heavy (non-hydrogen) atoms. The van der Waals surface area contributed by atoms with Gasteiger partial charge in [-0.1, -0.05) is 48.0 Å². The zero-order valence-corrected chi connectivity index (χ0v) is 11.5. The van der Waals surface area contributed by atoms with Crippen LogP contribution in [0.1, 0.15) is 17.2 Å². The fourth-order valence-electron chi connectivity index (χ4n) is 2.37. The normalized spacial score (nSPS) is 12.2. The lowest BCUT2D eigenvalue weighted by Crippen LogP contribution is -2.13. The molecule has 1 atom stereocenters. The quantitative estimate of drug-likeness (QED) is 0.744. The van der Waals surface area contributed by atoms with Crippen molar-refractivity contribution in [3.05, 3.63) is 83.4 Å². The smallest absolute Gasteiger partial charge is 0.0954 e. The molecule has 0 aliphatic carbocycles. The van der Waals surface area contributed by atoms with Crippen LogP contribution >= 0.6 is 11.6 Å². The Hall–Kier alpha value is -2.26. The van der Waals surface area contributed by atoms with Gasteiger partial charge in [0, 0.05) is 28.7 Å². The van der Waals surface area contributed by atoms with Crippen molar-refractivity contribution in [2.24, 2.45) is 0 Å². The Kier molecular flexibility index (Phi) is 3.44. The van der Waals surface area contributed by atoms with E-state index >= 15 is 0 Å². The number of nitrogens with two attached hydrogens (primary N) is 1. The molecule has 0 fully saturated rings. The molecule has 2 N–H and O–H groups in total. The minimum atomic E-state index is -0.0765. The molecule has 0 aliphatic rings. The summed E-state index contributed by atoms with van der Waals surface area (Å²) in [7, 11) is 0. The molecule has 4 heteroatoms. The average Bonchev–Trinajstić information content (AvgIpc) is 2.97. The molecule has 0 spiro atoms. The zero-order chi connectivity index (χ0) is 13.9. The van der Waals surface area contributed by atoms with E-state index in [2.05, 4.69) is 4.98 Å². The SMILES string of the molecule is Nc1ccccc1C(c1ccccc1Cl)n1ccnc1. The summed E-state index contributed by atoms with van der Waals surface area (Å²) in [5.41, 5.74) is 8.90. The van der Waals surface area contributed by atoms with Gasteiger partial charge in [-0.25, -0.2) is 4.98 Å². The van der Waals surface area contributed by atoms with Crippen LogP contribution in [0.3, 0.4) is 0 Å². The highest BCUT2D eigenvalue weighted by molar-refractivity contribution is 6.31. The van der Waals surface area contributed by atoms with Crippen molar-refractivity contribution < 1.29 is 0 Å². The second-order valence-electron chi connectivity index (χ2n) is 4.56. The molecule has 3 aromatic rings. The Morgan fingerprint density at radius 2 is 1.70 bits per heavy atom. The molecule has 0 amide bonds. The van der Waals surface area contributed by atoms with Gasteiger partial charge in [0.15, 0.2) is 0 Å². The van der Waals surface area contributed by atoms with E-state index in [0.29, 0.717) is 0 Å². The van der Waals surface area contributed by atoms with E-state index in [1.807, 2.05) is 59.3 Å². The summed E-state index contributed by atoms with van der Waals surface area (Å²) in [5.74, 6) is 0. The molecule has 0 saturated carbocycles. The Labute approximate surface area is 122 Å². The highest BCUT2D eigenvalue weighted by atomic mass is 35.5. The minimum absolute atomic E-state index is 0.0765. The van der Waals surface area contributed by atoms with Gasteiger partial charge in [0.1, 0.15) is 0 Å². The predicted octanol–water partition coefficient (Wildman–Crippen LogP) is 3.76. The molecular formula is C16H14ClN3. The number of nitrogens with zero attached hydrogens (tertiary/aromatic N) is 2. The molecule has 3 rings (SSSR count). The molecular weight excluding hydrogens is 270 g/mol.